The normalized spacial score (nSPS) is 9.94. The number of nitrogens with zero attached hydrogens (tertiary/aromatic N) is 2. The number of carbonyl (C=O) groups is 1. The van der Waals surface area contributed by atoms with Crippen molar-refractivity contribution in [2.45, 2.75) is 13.8 Å². The molecule has 0 unspecified atom stereocenters. The first kappa shape index (κ1) is 12.3. The van der Waals surface area contributed by atoms with Gasteiger partial charge in [0, 0.05) is 13.6 Å². The van der Waals surface area contributed by atoms with Gasteiger partial charge in [-0.3, -0.25) is 4.79 Å². The Labute approximate surface area is 95.7 Å². The monoisotopic (exact) mass is 222 g/mol. The van der Waals surface area contributed by atoms with Crippen LogP contribution in [0.1, 0.15) is 12.5 Å². The third kappa shape index (κ3) is 2.85. The van der Waals surface area contributed by atoms with Crippen LogP contribution in [0.3, 0.4) is 0 Å². The second-order valence-electron chi connectivity index (χ2n) is 3.60. The van der Waals surface area contributed by atoms with Gasteiger partial charge in [0.15, 0.2) is 0 Å². The Hall–Kier alpha value is -1.78. The number of nitrogen functional groups attached to an aromatic ring is 1. The molecule has 0 aliphatic heterocycles. The molecule has 1 amide bonds. The first-order valence-corrected chi connectivity index (χ1v) is 5.26. The average Bonchev–Trinajstić information content (AvgIpc) is 2.26. The van der Waals surface area contributed by atoms with Crippen molar-refractivity contribution in [1.82, 2.24) is 10.3 Å². The van der Waals surface area contributed by atoms with Gasteiger partial charge in [-0.2, -0.15) is 0 Å². The lowest BCUT2D eigenvalue weighted by Crippen LogP contribution is -2.36. The van der Waals surface area contributed by atoms with Gasteiger partial charge < -0.3 is 16.0 Å². The number of hydrogen-bond donors (Lipinski definition) is 2. The van der Waals surface area contributed by atoms with Gasteiger partial charge in [0.25, 0.3) is 0 Å². The first-order valence-electron chi connectivity index (χ1n) is 5.26. The van der Waals surface area contributed by atoms with Crippen LogP contribution in [0.5, 0.6) is 0 Å². The summed E-state index contributed by atoms with van der Waals surface area (Å²) in [6.07, 6.45) is 1.61. The van der Waals surface area contributed by atoms with Crippen molar-refractivity contribution in [3.8, 4) is 0 Å². The summed E-state index contributed by atoms with van der Waals surface area (Å²) in [6, 6.07) is 1.86. The molecule has 0 aromatic carbocycles. The Morgan fingerprint density at radius 1 is 1.62 bits per heavy atom. The van der Waals surface area contributed by atoms with E-state index in [1.165, 1.54) is 0 Å². The van der Waals surface area contributed by atoms with Crippen LogP contribution in [0.4, 0.5) is 11.5 Å². The summed E-state index contributed by atoms with van der Waals surface area (Å²) in [5.74, 6) is 0.778. The van der Waals surface area contributed by atoms with Crippen molar-refractivity contribution in [1.29, 1.82) is 0 Å². The standard InChI is InChI=1S/C11H18N4O/c1-4-15(7-10(16)13-3)11-8(2)5-9(12)6-14-11/h5-6H,4,7,12H2,1-3H3,(H,13,16). The Bertz CT molecular complexity index is 378. The van der Waals surface area contributed by atoms with Gasteiger partial charge in [0.1, 0.15) is 5.82 Å². The molecule has 0 bridgehead atoms. The number of rotatable bonds is 4. The third-order valence-corrected chi connectivity index (χ3v) is 2.37. The maximum absolute atomic E-state index is 11.3. The van der Waals surface area contributed by atoms with Crippen molar-refractivity contribution in [3.05, 3.63) is 17.8 Å². The molecule has 0 aliphatic carbocycles. The molecule has 0 radical (unpaired) electrons. The zero-order valence-electron chi connectivity index (χ0n) is 9.95. The average molecular weight is 222 g/mol. The predicted octanol–water partition coefficient (Wildman–Crippen LogP) is 0.545. The van der Waals surface area contributed by atoms with Crippen molar-refractivity contribution in [2.75, 3.05) is 30.8 Å². The van der Waals surface area contributed by atoms with E-state index < -0.39 is 0 Å². The van der Waals surface area contributed by atoms with Crippen LogP contribution in [0.15, 0.2) is 12.3 Å². The summed E-state index contributed by atoms with van der Waals surface area (Å²) >= 11 is 0. The van der Waals surface area contributed by atoms with E-state index in [2.05, 4.69) is 10.3 Å². The second-order valence-corrected chi connectivity index (χ2v) is 3.60. The van der Waals surface area contributed by atoms with E-state index in [1.54, 1.807) is 13.2 Å². The highest BCUT2D eigenvalue weighted by molar-refractivity contribution is 5.81. The summed E-state index contributed by atoms with van der Waals surface area (Å²) < 4.78 is 0. The fourth-order valence-electron chi connectivity index (χ4n) is 1.51. The number of pyridine rings is 1. The van der Waals surface area contributed by atoms with Crippen molar-refractivity contribution in [2.24, 2.45) is 0 Å². The van der Waals surface area contributed by atoms with Crippen molar-refractivity contribution < 1.29 is 4.79 Å². The number of aryl methyl sites for hydroxylation is 1. The molecule has 3 N–H and O–H groups in total. The largest absolute Gasteiger partial charge is 0.397 e. The van der Waals surface area contributed by atoms with Crippen LogP contribution in [0.25, 0.3) is 0 Å². The molecule has 1 aromatic rings. The summed E-state index contributed by atoms with van der Waals surface area (Å²) in [6.45, 7) is 4.96. The topological polar surface area (TPSA) is 71.2 Å². The molecule has 88 valence electrons. The molecule has 1 aromatic heterocycles. The minimum atomic E-state index is -0.0279. The van der Waals surface area contributed by atoms with E-state index in [1.807, 2.05) is 24.8 Å². The minimum Gasteiger partial charge on any atom is -0.397 e. The Morgan fingerprint density at radius 3 is 2.81 bits per heavy atom. The number of nitrogens with one attached hydrogen (secondary N) is 1. The van der Waals surface area contributed by atoms with Crippen molar-refractivity contribution >= 4 is 17.4 Å². The van der Waals surface area contributed by atoms with Gasteiger partial charge in [-0.25, -0.2) is 4.98 Å². The van der Waals surface area contributed by atoms with Crippen LogP contribution in [0.2, 0.25) is 0 Å². The van der Waals surface area contributed by atoms with Gasteiger partial charge in [-0.05, 0) is 25.5 Å². The van der Waals surface area contributed by atoms with E-state index >= 15 is 0 Å². The van der Waals surface area contributed by atoms with Gasteiger partial charge in [0.2, 0.25) is 5.91 Å². The molecule has 0 saturated heterocycles. The number of anilines is 2. The lowest BCUT2D eigenvalue weighted by Gasteiger charge is -2.22. The molecule has 5 nitrogen and oxygen atoms in total. The van der Waals surface area contributed by atoms with E-state index in [9.17, 15) is 4.79 Å². The number of likely N-dealkylation sites (N-methyl/N-ethyl adjacent to an activating group) is 2. The van der Waals surface area contributed by atoms with Crippen LogP contribution in [0, 0.1) is 6.92 Å². The fourth-order valence-corrected chi connectivity index (χ4v) is 1.51. The Balaban J connectivity index is 2.90. The number of aromatic nitrogens is 1. The summed E-state index contributed by atoms with van der Waals surface area (Å²) in [4.78, 5) is 17.5. The minimum absolute atomic E-state index is 0.0279. The van der Waals surface area contributed by atoms with Gasteiger partial charge in [-0.15, -0.1) is 0 Å². The molecular weight excluding hydrogens is 204 g/mol. The number of hydrogen-bond acceptors (Lipinski definition) is 4. The van der Waals surface area contributed by atoms with Gasteiger partial charge in [0.05, 0.1) is 18.4 Å². The van der Waals surface area contributed by atoms with E-state index in [0.29, 0.717) is 12.2 Å². The molecule has 5 heteroatoms. The second kappa shape index (κ2) is 5.34. The molecule has 0 spiro atoms. The van der Waals surface area contributed by atoms with Crippen LogP contribution in [-0.4, -0.2) is 31.0 Å². The van der Waals surface area contributed by atoms with Crippen LogP contribution >= 0.6 is 0 Å². The molecule has 0 saturated carbocycles. The molecule has 0 atom stereocenters. The number of nitrogens with two attached hydrogens (primary N) is 1. The fraction of sp³-hybridized carbons (Fsp3) is 0.455. The molecular formula is C11H18N4O. The van der Waals surface area contributed by atoms with Crippen LogP contribution < -0.4 is 16.0 Å². The Morgan fingerprint density at radius 2 is 2.31 bits per heavy atom. The first-order chi connectivity index (χ1) is 7.58. The van der Waals surface area contributed by atoms with E-state index in [-0.39, 0.29) is 5.91 Å². The summed E-state index contributed by atoms with van der Waals surface area (Å²) in [7, 11) is 1.62. The highest BCUT2D eigenvalue weighted by atomic mass is 16.1. The Kier molecular flexibility index (Phi) is 4.10. The van der Waals surface area contributed by atoms with E-state index in [4.69, 9.17) is 5.73 Å². The molecule has 1 rings (SSSR count). The summed E-state index contributed by atoms with van der Waals surface area (Å²) in [5, 5.41) is 2.60. The number of carbonyl (C=O) groups excluding carboxylic acids is 1. The van der Waals surface area contributed by atoms with Crippen molar-refractivity contribution in [3.63, 3.8) is 0 Å². The summed E-state index contributed by atoms with van der Waals surface area (Å²) in [5.41, 5.74) is 7.25. The highest BCUT2D eigenvalue weighted by Gasteiger charge is 2.12. The zero-order chi connectivity index (χ0) is 12.1. The predicted molar refractivity (Wildman–Crippen MR) is 65.3 cm³/mol. The van der Waals surface area contributed by atoms with E-state index in [0.717, 1.165) is 17.9 Å². The van der Waals surface area contributed by atoms with Gasteiger partial charge >= 0.3 is 0 Å². The van der Waals surface area contributed by atoms with Crippen LogP contribution in [-0.2, 0) is 4.79 Å². The quantitative estimate of drug-likeness (QED) is 0.780. The van der Waals surface area contributed by atoms with Gasteiger partial charge in [-0.1, -0.05) is 0 Å². The maximum atomic E-state index is 11.3. The lowest BCUT2D eigenvalue weighted by molar-refractivity contribution is -0.119. The lowest BCUT2D eigenvalue weighted by atomic mass is 10.2. The maximum Gasteiger partial charge on any atom is 0.239 e. The highest BCUT2D eigenvalue weighted by Crippen LogP contribution is 2.18. The molecule has 16 heavy (non-hydrogen) atoms. The third-order valence-electron chi connectivity index (χ3n) is 2.37. The molecule has 1 heterocycles. The zero-order valence-corrected chi connectivity index (χ0v) is 9.95. The smallest absolute Gasteiger partial charge is 0.239 e. The molecule has 0 fully saturated rings. The SMILES string of the molecule is CCN(CC(=O)NC)c1ncc(N)cc1C. The molecule has 0 aliphatic rings. The number of amides is 1.